The van der Waals surface area contributed by atoms with Crippen molar-refractivity contribution in [3.63, 3.8) is 0 Å². The molecule has 0 spiro atoms. The maximum atomic E-state index is 15.5. The maximum Gasteiger partial charge on any atom is 0.308 e. The average molecular weight is 554 g/mol. The number of ether oxygens (including phenoxy) is 2. The number of nitrogens with zero attached hydrogens (tertiary/aromatic N) is 3. The number of aromatic nitrogens is 1. The predicted octanol–water partition coefficient (Wildman–Crippen LogP) is 4.89. The highest BCUT2D eigenvalue weighted by Crippen LogP contribution is 2.36. The van der Waals surface area contributed by atoms with Crippen LogP contribution in [0.25, 0.3) is 11.1 Å². The Kier molecular flexibility index (Phi) is 7.44. The topological polar surface area (TPSA) is 85.1 Å². The van der Waals surface area contributed by atoms with Gasteiger partial charge in [0.2, 0.25) is 5.91 Å². The SMILES string of the molecule is COC(=O)[C@H]1CC[C@@H](OC[C@@H]2C[C@H](F)CN2C(=O)Cc2ccc3nc(N4CCc5ccccc54)oc3c2F)CC1. The third-order valence-corrected chi connectivity index (χ3v) is 8.44. The van der Waals surface area contributed by atoms with E-state index in [1.165, 1.54) is 17.6 Å². The van der Waals surface area contributed by atoms with Crippen LogP contribution in [0.1, 0.15) is 43.2 Å². The van der Waals surface area contributed by atoms with Gasteiger partial charge in [-0.3, -0.25) is 14.5 Å². The molecule has 1 aliphatic carbocycles. The van der Waals surface area contributed by atoms with E-state index in [9.17, 15) is 14.0 Å². The Hall–Kier alpha value is -3.53. The molecule has 6 rings (SSSR count). The van der Waals surface area contributed by atoms with Crippen molar-refractivity contribution < 1.29 is 32.3 Å². The number of para-hydroxylation sites is 1. The van der Waals surface area contributed by atoms with Crippen LogP contribution >= 0.6 is 0 Å². The smallest absolute Gasteiger partial charge is 0.308 e. The standard InChI is InChI=1S/C30H33F2N3O5/c1-38-29(37)19-6-9-23(10-7-19)39-17-22-15-21(31)16-35(22)26(36)14-20-8-11-24-28(27(20)32)40-30(33-24)34-13-12-18-4-2-3-5-25(18)34/h2-5,8,11,19,21-23H,6-7,9-10,12-17H2,1H3/t19-,21-,22-,23+/m0/s1. The van der Waals surface area contributed by atoms with Crippen LogP contribution in [0.4, 0.5) is 20.5 Å². The van der Waals surface area contributed by atoms with Crippen molar-refractivity contribution >= 4 is 34.7 Å². The van der Waals surface area contributed by atoms with Gasteiger partial charge in [-0.1, -0.05) is 24.3 Å². The van der Waals surface area contributed by atoms with Crippen LogP contribution in [0.3, 0.4) is 0 Å². The lowest BCUT2D eigenvalue weighted by atomic mass is 9.87. The first-order valence-electron chi connectivity index (χ1n) is 14.0. The van der Waals surface area contributed by atoms with Crippen LogP contribution in [-0.4, -0.2) is 66.9 Å². The first kappa shape index (κ1) is 26.7. The van der Waals surface area contributed by atoms with Gasteiger partial charge in [0.15, 0.2) is 11.4 Å². The fourth-order valence-corrected chi connectivity index (χ4v) is 6.24. The summed E-state index contributed by atoms with van der Waals surface area (Å²) < 4.78 is 46.7. The third-order valence-electron chi connectivity index (χ3n) is 8.44. The Balaban J connectivity index is 1.11. The molecule has 0 bridgehead atoms. The van der Waals surface area contributed by atoms with Crippen molar-refractivity contribution in [2.45, 2.75) is 63.3 Å². The zero-order chi connectivity index (χ0) is 27.8. The van der Waals surface area contributed by atoms with E-state index in [1.807, 2.05) is 23.1 Å². The molecule has 0 unspecified atom stereocenters. The number of benzene rings is 2. The molecule has 212 valence electrons. The number of methoxy groups -OCH3 is 1. The average Bonchev–Trinajstić information content (AvgIpc) is 3.69. The normalized spacial score (nSPS) is 24.5. The minimum atomic E-state index is -1.15. The Labute approximate surface area is 231 Å². The zero-order valence-electron chi connectivity index (χ0n) is 22.5. The van der Waals surface area contributed by atoms with Gasteiger partial charge in [-0.15, -0.1) is 0 Å². The number of hydrogen-bond acceptors (Lipinski definition) is 7. The molecule has 8 nitrogen and oxygen atoms in total. The number of carbonyl (C=O) groups excluding carboxylic acids is 2. The molecule has 1 saturated heterocycles. The molecule has 3 aliphatic rings. The fourth-order valence-electron chi connectivity index (χ4n) is 6.24. The minimum absolute atomic E-state index is 0.0110. The number of amides is 1. The maximum absolute atomic E-state index is 15.5. The number of anilines is 2. The van der Waals surface area contributed by atoms with E-state index in [0.29, 0.717) is 43.8 Å². The summed E-state index contributed by atoms with van der Waals surface area (Å²) in [5, 5.41) is 0. The molecular formula is C30H33F2N3O5. The molecule has 1 amide bonds. The molecule has 1 aromatic heterocycles. The second-order valence-corrected chi connectivity index (χ2v) is 11.0. The van der Waals surface area contributed by atoms with Gasteiger partial charge in [0.1, 0.15) is 11.7 Å². The predicted molar refractivity (Wildman–Crippen MR) is 144 cm³/mol. The number of rotatable bonds is 7. The summed E-state index contributed by atoms with van der Waals surface area (Å²) in [7, 11) is 1.39. The highest BCUT2D eigenvalue weighted by atomic mass is 19.1. The zero-order valence-corrected chi connectivity index (χ0v) is 22.5. The van der Waals surface area contributed by atoms with Crippen molar-refractivity contribution in [1.29, 1.82) is 0 Å². The molecule has 3 aromatic rings. The van der Waals surface area contributed by atoms with Gasteiger partial charge >= 0.3 is 12.0 Å². The number of carbonyl (C=O) groups is 2. The van der Waals surface area contributed by atoms with Gasteiger partial charge in [0, 0.05) is 24.2 Å². The van der Waals surface area contributed by atoms with Crippen molar-refractivity contribution in [1.82, 2.24) is 9.88 Å². The Bertz CT molecular complexity index is 1400. The molecule has 1 saturated carbocycles. The summed E-state index contributed by atoms with van der Waals surface area (Å²) in [4.78, 5) is 32.9. The second-order valence-electron chi connectivity index (χ2n) is 11.0. The Morgan fingerprint density at radius 3 is 2.73 bits per heavy atom. The van der Waals surface area contributed by atoms with Gasteiger partial charge in [-0.25, -0.2) is 8.78 Å². The molecule has 2 atom stereocenters. The second kappa shape index (κ2) is 11.2. The fraction of sp³-hybridized carbons (Fsp3) is 0.500. The van der Waals surface area contributed by atoms with E-state index in [-0.39, 0.29) is 61.0 Å². The molecular weight excluding hydrogens is 520 g/mol. The summed E-state index contributed by atoms with van der Waals surface area (Å²) in [6.07, 6.45) is 2.44. The monoisotopic (exact) mass is 553 g/mol. The number of alkyl halides is 1. The third kappa shape index (κ3) is 5.16. The molecule has 2 aromatic carbocycles. The van der Waals surface area contributed by atoms with Crippen LogP contribution in [0, 0.1) is 11.7 Å². The van der Waals surface area contributed by atoms with Gasteiger partial charge in [-0.2, -0.15) is 4.98 Å². The summed E-state index contributed by atoms with van der Waals surface area (Å²) in [5.74, 6) is -1.28. The lowest BCUT2D eigenvalue weighted by Crippen LogP contribution is -2.40. The number of likely N-dealkylation sites (tertiary alicyclic amines) is 1. The molecule has 2 fully saturated rings. The van der Waals surface area contributed by atoms with Crippen LogP contribution in [0.5, 0.6) is 0 Å². The first-order valence-corrected chi connectivity index (χ1v) is 14.0. The molecule has 40 heavy (non-hydrogen) atoms. The lowest BCUT2D eigenvalue weighted by molar-refractivity contribution is -0.148. The number of halogens is 2. The van der Waals surface area contributed by atoms with Crippen molar-refractivity contribution in [3.8, 4) is 0 Å². The molecule has 0 radical (unpaired) electrons. The quantitative estimate of drug-likeness (QED) is 0.385. The van der Waals surface area contributed by atoms with Crippen molar-refractivity contribution in [2.75, 3.05) is 31.7 Å². The number of fused-ring (bicyclic) bond motifs is 2. The molecule has 2 aliphatic heterocycles. The summed E-state index contributed by atoms with van der Waals surface area (Å²) in [6, 6.07) is 11.1. The molecule has 0 N–H and O–H groups in total. The number of hydrogen-bond donors (Lipinski definition) is 0. The van der Waals surface area contributed by atoms with E-state index in [0.717, 1.165) is 12.1 Å². The summed E-state index contributed by atoms with van der Waals surface area (Å²) in [5.41, 5.74) is 2.75. The van der Waals surface area contributed by atoms with E-state index in [2.05, 4.69) is 11.1 Å². The lowest BCUT2D eigenvalue weighted by Gasteiger charge is -2.30. The largest absolute Gasteiger partial charge is 0.469 e. The molecule has 10 heteroatoms. The number of esters is 1. The highest BCUT2D eigenvalue weighted by molar-refractivity contribution is 5.83. The van der Waals surface area contributed by atoms with Gasteiger partial charge < -0.3 is 18.8 Å². The van der Waals surface area contributed by atoms with Crippen LogP contribution < -0.4 is 4.90 Å². The van der Waals surface area contributed by atoms with Gasteiger partial charge in [0.25, 0.3) is 0 Å². The van der Waals surface area contributed by atoms with Crippen LogP contribution in [0.2, 0.25) is 0 Å². The van der Waals surface area contributed by atoms with E-state index in [4.69, 9.17) is 13.9 Å². The van der Waals surface area contributed by atoms with Crippen LogP contribution in [-0.2, 0) is 31.9 Å². The van der Waals surface area contributed by atoms with Gasteiger partial charge in [0.05, 0.1) is 44.7 Å². The van der Waals surface area contributed by atoms with E-state index >= 15 is 4.39 Å². The van der Waals surface area contributed by atoms with E-state index in [1.54, 1.807) is 12.1 Å². The minimum Gasteiger partial charge on any atom is -0.469 e. The van der Waals surface area contributed by atoms with Crippen molar-refractivity contribution in [3.05, 3.63) is 53.3 Å². The highest BCUT2D eigenvalue weighted by Gasteiger charge is 2.37. The Morgan fingerprint density at radius 1 is 1.12 bits per heavy atom. The first-order chi connectivity index (χ1) is 19.4. The Morgan fingerprint density at radius 2 is 1.93 bits per heavy atom. The van der Waals surface area contributed by atoms with Gasteiger partial charge in [-0.05, 0) is 49.8 Å². The van der Waals surface area contributed by atoms with Crippen molar-refractivity contribution in [2.24, 2.45) is 5.92 Å². The van der Waals surface area contributed by atoms with Crippen LogP contribution in [0.15, 0.2) is 40.8 Å². The summed E-state index contributed by atoms with van der Waals surface area (Å²) >= 11 is 0. The molecule has 3 heterocycles. The summed E-state index contributed by atoms with van der Waals surface area (Å²) in [6.45, 7) is 0.866. The van der Waals surface area contributed by atoms with E-state index < -0.39 is 18.0 Å². The number of oxazole rings is 1.